The van der Waals surface area contributed by atoms with Crippen molar-refractivity contribution in [2.24, 2.45) is 0 Å². The minimum Gasteiger partial charge on any atom is -0.461 e. The van der Waals surface area contributed by atoms with Gasteiger partial charge in [0.1, 0.15) is 0 Å². The van der Waals surface area contributed by atoms with E-state index in [1.165, 1.54) is 24.0 Å². The van der Waals surface area contributed by atoms with E-state index in [0.29, 0.717) is 5.76 Å². The lowest BCUT2D eigenvalue weighted by atomic mass is 10.0. The van der Waals surface area contributed by atoms with E-state index in [0.717, 1.165) is 23.8 Å². The largest absolute Gasteiger partial charge is 0.461 e. The van der Waals surface area contributed by atoms with Gasteiger partial charge in [0.15, 0.2) is 12.0 Å². The molecule has 1 heterocycles. The average Bonchev–Trinajstić information content (AvgIpc) is 2.96. The average molecular weight is 212 g/mol. The van der Waals surface area contributed by atoms with Crippen LogP contribution in [0, 0.1) is 0 Å². The molecule has 0 radical (unpaired) electrons. The molecular formula is C14H12O2. The van der Waals surface area contributed by atoms with Crippen molar-refractivity contribution in [3.63, 3.8) is 0 Å². The summed E-state index contributed by atoms with van der Waals surface area (Å²) in [6, 6.07) is 8.27. The standard InChI is InChI=1S/C14H12O2/c15-9-14-13(6-7-16-14)12-5-4-10-2-1-3-11(10)8-12/h4-9H,1-3H2. The zero-order valence-electron chi connectivity index (χ0n) is 8.90. The van der Waals surface area contributed by atoms with E-state index in [1.807, 2.05) is 6.07 Å². The van der Waals surface area contributed by atoms with E-state index in [9.17, 15) is 4.79 Å². The smallest absolute Gasteiger partial charge is 0.185 e. The molecule has 2 aromatic rings. The Balaban J connectivity index is 2.10. The Labute approximate surface area is 93.9 Å². The summed E-state index contributed by atoms with van der Waals surface area (Å²) in [5.41, 5.74) is 4.83. The second-order valence-corrected chi connectivity index (χ2v) is 4.15. The molecule has 2 nitrogen and oxygen atoms in total. The van der Waals surface area contributed by atoms with Gasteiger partial charge >= 0.3 is 0 Å². The number of rotatable bonds is 2. The first kappa shape index (κ1) is 9.40. The first-order chi connectivity index (χ1) is 7.88. The maximum absolute atomic E-state index is 10.8. The van der Waals surface area contributed by atoms with Crippen LogP contribution in [0.1, 0.15) is 28.1 Å². The highest BCUT2D eigenvalue weighted by molar-refractivity contribution is 5.84. The van der Waals surface area contributed by atoms with Gasteiger partial charge in [0.2, 0.25) is 0 Å². The van der Waals surface area contributed by atoms with Crippen molar-refractivity contribution in [3.05, 3.63) is 47.4 Å². The molecule has 0 amide bonds. The van der Waals surface area contributed by atoms with Crippen molar-refractivity contribution in [3.8, 4) is 11.1 Å². The zero-order valence-corrected chi connectivity index (χ0v) is 8.90. The number of benzene rings is 1. The third kappa shape index (κ3) is 1.38. The molecule has 1 aliphatic carbocycles. The molecular weight excluding hydrogens is 200 g/mol. The first-order valence-corrected chi connectivity index (χ1v) is 5.53. The Bertz CT molecular complexity index is 537. The maximum Gasteiger partial charge on any atom is 0.185 e. The van der Waals surface area contributed by atoms with Crippen molar-refractivity contribution in [1.82, 2.24) is 0 Å². The highest BCUT2D eigenvalue weighted by Crippen LogP contribution is 2.29. The van der Waals surface area contributed by atoms with Gasteiger partial charge in [0, 0.05) is 5.56 Å². The summed E-state index contributed by atoms with van der Waals surface area (Å²) >= 11 is 0. The fourth-order valence-electron chi connectivity index (χ4n) is 2.39. The fraction of sp³-hybridized carbons (Fsp3) is 0.214. The zero-order chi connectivity index (χ0) is 11.0. The van der Waals surface area contributed by atoms with Crippen LogP contribution in [0.25, 0.3) is 11.1 Å². The van der Waals surface area contributed by atoms with E-state index in [4.69, 9.17) is 4.42 Å². The Morgan fingerprint density at radius 1 is 1.12 bits per heavy atom. The summed E-state index contributed by atoms with van der Waals surface area (Å²) in [6.07, 6.45) is 5.90. The molecule has 80 valence electrons. The third-order valence-electron chi connectivity index (χ3n) is 3.21. The number of carbonyl (C=O) groups is 1. The summed E-state index contributed by atoms with van der Waals surface area (Å²) in [5.74, 6) is 0.415. The van der Waals surface area contributed by atoms with Crippen molar-refractivity contribution in [2.75, 3.05) is 0 Å². The summed E-state index contributed by atoms with van der Waals surface area (Å²) in [7, 11) is 0. The third-order valence-corrected chi connectivity index (χ3v) is 3.21. The SMILES string of the molecule is O=Cc1occc1-c1ccc2c(c1)CCC2. The van der Waals surface area contributed by atoms with Crippen LogP contribution in [0.3, 0.4) is 0 Å². The summed E-state index contributed by atoms with van der Waals surface area (Å²) in [5, 5.41) is 0. The molecule has 1 aromatic heterocycles. The van der Waals surface area contributed by atoms with Gasteiger partial charge in [-0.25, -0.2) is 0 Å². The number of furan rings is 1. The first-order valence-electron chi connectivity index (χ1n) is 5.53. The van der Waals surface area contributed by atoms with Gasteiger partial charge in [-0.2, -0.15) is 0 Å². The number of hydrogen-bond donors (Lipinski definition) is 0. The molecule has 0 bridgehead atoms. The highest BCUT2D eigenvalue weighted by atomic mass is 16.3. The van der Waals surface area contributed by atoms with Crippen molar-refractivity contribution in [2.45, 2.75) is 19.3 Å². The molecule has 0 saturated carbocycles. The minimum atomic E-state index is 0.415. The molecule has 1 aromatic carbocycles. The van der Waals surface area contributed by atoms with Crippen molar-refractivity contribution in [1.29, 1.82) is 0 Å². The van der Waals surface area contributed by atoms with Gasteiger partial charge in [-0.05, 0) is 42.0 Å². The quantitative estimate of drug-likeness (QED) is 0.715. The van der Waals surface area contributed by atoms with Crippen LogP contribution >= 0.6 is 0 Å². The normalized spacial score (nSPS) is 13.8. The Kier molecular flexibility index (Phi) is 2.13. The molecule has 0 unspecified atom stereocenters. The molecule has 0 aliphatic heterocycles. The number of aryl methyl sites for hydroxylation is 2. The van der Waals surface area contributed by atoms with Crippen molar-refractivity contribution >= 4 is 6.29 Å². The van der Waals surface area contributed by atoms with Gasteiger partial charge in [-0.1, -0.05) is 18.2 Å². The predicted octanol–water partition coefficient (Wildman–Crippen LogP) is 3.25. The highest BCUT2D eigenvalue weighted by Gasteiger charge is 2.13. The molecule has 0 spiro atoms. The minimum absolute atomic E-state index is 0.415. The molecule has 0 saturated heterocycles. The summed E-state index contributed by atoms with van der Waals surface area (Å²) in [6.45, 7) is 0. The van der Waals surface area contributed by atoms with Gasteiger partial charge in [0.05, 0.1) is 6.26 Å². The Hall–Kier alpha value is -1.83. The molecule has 0 N–H and O–H groups in total. The van der Waals surface area contributed by atoms with E-state index in [2.05, 4.69) is 18.2 Å². The molecule has 0 atom stereocenters. The van der Waals surface area contributed by atoms with E-state index in [-0.39, 0.29) is 0 Å². The lowest BCUT2D eigenvalue weighted by Crippen LogP contribution is -1.86. The Morgan fingerprint density at radius 2 is 2.00 bits per heavy atom. The lowest BCUT2D eigenvalue weighted by molar-refractivity contribution is 0.110. The monoisotopic (exact) mass is 212 g/mol. The molecule has 1 aliphatic rings. The lowest BCUT2D eigenvalue weighted by Gasteiger charge is -2.03. The second-order valence-electron chi connectivity index (χ2n) is 4.15. The number of carbonyl (C=O) groups excluding carboxylic acids is 1. The van der Waals surface area contributed by atoms with Gasteiger partial charge in [-0.15, -0.1) is 0 Å². The van der Waals surface area contributed by atoms with Crippen LogP contribution in [0.15, 0.2) is 34.9 Å². The number of fused-ring (bicyclic) bond motifs is 1. The maximum atomic E-state index is 10.8. The number of hydrogen-bond acceptors (Lipinski definition) is 2. The van der Waals surface area contributed by atoms with Crippen LogP contribution in [-0.4, -0.2) is 6.29 Å². The molecule has 3 rings (SSSR count). The second kappa shape index (κ2) is 3.63. The topological polar surface area (TPSA) is 30.2 Å². The van der Waals surface area contributed by atoms with Crippen LogP contribution in [0.2, 0.25) is 0 Å². The number of aldehydes is 1. The van der Waals surface area contributed by atoms with Crippen LogP contribution in [0.5, 0.6) is 0 Å². The van der Waals surface area contributed by atoms with Crippen LogP contribution < -0.4 is 0 Å². The van der Waals surface area contributed by atoms with E-state index < -0.39 is 0 Å². The van der Waals surface area contributed by atoms with Gasteiger partial charge in [0.25, 0.3) is 0 Å². The molecule has 16 heavy (non-hydrogen) atoms. The van der Waals surface area contributed by atoms with Gasteiger partial charge in [-0.3, -0.25) is 4.79 Å². The van der Waals surface area contributed by atoms with E-state index in [1.54, 1.807) is 6.26 Å². The van der Waals surface area contributed by atoms with Gasteiger partial charge < -0.3 is 4.42 Å². The fourth-order valence-corrected chi connectivity index (χ4v) is 2.39. The Morgan fingerprint density at radius 3 is 2.88 bits per heavy atom. The van der Waals surface area contributed by atoms with Crippen molar-refractivity contribution < 1.29 is 9.21 Å². The van der Waals surface area contributed by atoms with Crippen LogP contribution in [-0.2, 0) is 12.8 Å². The molecule has 2 heteroatoms. The van der Waals surface area contributed by atoms with Crippen LogP contribution in [0.4, 0.5) is 0 Å². The summed E-state index contributed by atoms with van der Waals surface area (Å²) in [4.78, 5) is 10.8. The molecule has 0 fully saturated rings. The predicted molar refractivity (Wildman–Crippen MR) is 61.6 cm³/mol. The van der Waals surface area contributed by atoms with E-state index >= 15 is 0 Å². The summed E-state index contributed by atoms with van der Waals surface area (Å²) < 4.78 is 5.12.